The molecule has 1 heterocycles. The summed E-state index contributed by atoms with van der Waals surface area (Å²) in [5.41, 5.74) is 0.433. The monoisotopic (exact) mass is 210 g/mol. The van der Waals surface area contributed by atoms with Crippen LogP contribution in [0.2, 0.25) is 0 Å². The minimum absolute atomic E-state index is 0.186. The lowest BCUT2D eigenvalue weighted by Crippen LogP contribution is -2.01. The third-order valence-electron chi connectivity index (χ3n) is 2.05. The number of rotatable bonds is 6. The first-order chi connectivity index (χ1) is 7.26. The summed E-state index contributed by atoms with van der Waals surface area (Å²) in [6, 6.07) is 0. The molecule has 15 heavy (non-hydrogen) atoms. The molecule has 0 atom stereocenters. The Morgan fingerprint density at radius 3 is 3.00 bits per heavy atom. The molecule has 0 fully saturated rings. The zero-order valence-corrected chi connectivity index (χ0v) is 8.68. The second kappa shape index (κ2) is 5.95. The SMILES string of the molecule is COC(=O)CCCCn1cnc(C=O)c1. The summed E-state index contributed by atoms with van der Waals surface area (Å²) in [6.45, 7) is 0.762. The van der Waals surface area contributed by atoms with Crippen LogP contribution in [0.3, 0.4) is 0 Å². The molecule has 0 N–H and O–H groups in total. The van der Waals surface area contributed by atoms with Gasteiger partial charge < -0.3 is 9.30 Å². The molecule has 0 radical (unpaired) electrons. The summed E-state index contributed by atoms with van der Waals surface area (Å²) in [6.07, 6.45) is 6.09. The van der Waals surface area contributed by atoms with Crippen molar-refractivity contribution in [3.05, 3.63) is 18.2 Å². The van der Waals surface area contributed by atoms with Gasteiger partial charge in [-0.25, -0.2) is 4.98 Å². The van der Waals surface area contributed by atoms with E-state index in [1.807, 2.05) is 4.57 Å². The maximum absolute atomic E-state index is 10.8. The topological polar surface area (TPSA) is 61.2 Å². The number of ether oxygens (including phenoxy) is 1. The van der Waals surface area contributed by atoms with Gasteiger partial charge in [-0.05, 0) is 12.8 Å². The van der Waals surface area contributed by atoms with Crippen LogP contribution in [0.4, 0.5) is 0 Å². The van der Waals surface area contributed by atoms with Crippen LogP contribution in [0.15, 0.2) is 12.5 Å². The number of imidazole rings is 1. The molecule has 0 spiro atoms. The number of carbonyl (C=O) groups is 2. The van der Waals surface area contributed by atoms with E-state index in [0.29, 0.717) is 18.4 Å². The van der Waals surface area contributed by atoms with Gasteiger partial charge in [0, 0.05) is 19.2 Å². The quantitative estimate of drug-likeness (QED) is 0.400. The molecule has 0 aliphatic rings. The number of esters is 1. The number of carbonyl (C=O) groups excluding carboxylic acids is 2. The van der Waals surface area contributed by atoms with Gasteiger partial charge in [0.1, 0.15) is 5.69 Å². The molecule has 1 aromatic heterocycles. The van der Waals surface area contributed by atoms with Crippen LogP contribution >= 0.6 is 0 Å². The predicted molar refractivity (Wildman–Crippen MR) is 53.5 cm³/mol. The average molecular weight is 210 g/mol. The molecule has 1 rings (SSSR count). The Morgan fingerprint density at radius 1 is 1.60 bits per heavy atom. The van der Waals surface area contributed by atoms with Gasteiger partial charge in [0.05, 0.1) is 13.4 Å². The number of hydrogen-bond donors (Lipinski definition) is 0. The molecule has 0 saturated carbocycles. The lowest BCUT2D eigenvalue weighted by atomic mass is 10.2. The Balaban J connectivity index is 2.20. The summed E-state index contributed by atoms with van der Waals surface area (Å²) >= 11 is 0. The first-order valence-corrected chi connectivity index (χ1v) is 4.80. The average Bonchev–Trinajstić information content (AvgIpc) is 2.72. The molecule has 82 valence electrons. The highest BCUT2D eigenvalue weighted by Crippen LogP contribution is 2.01. The van der Waals surface area contributed by atoms with E-state index >= 15 is 0 Å². The fourth-order valence-electron chi connectivity index (χ4n) is 1.23. The van der Waals surface area contributed by atoms with Crippen molar-refractivity contribution < 1.29 is 14.3 Å². The number of aromatic nitrogens is 2. The Hall–Kier alpha value is -1.65. The highest BCUT2D eigenvalue weighted by atomic mass is 16.5. The molecule has 5 nitrogen and oxygen atoms in total. The lowest BCUT2D eigenvalue weighted by Gasteiger charge is -2.01. The largest absolute Gasteiger partial charge is 0.469 e. The number of nitrogens with zero attached hydrogens (tertiary/aromatic N) is 2. The highest BCUT2D eigenvalue weighted by molar-refractivity contribution is 5.71. The molecular formula is C10H14N2O3. The summed E-state index contributed by atoms with van der Waals surface area (Å²) in [4.78, 5) is 25.0. The van der Waals surface area contributed by atoms with E-state index in [1.54, 1.807) is 12.5 Å². The second-order valence-corrected chi connectivity index (χ2v) is 3.19. The Bertz CT molecular complexity index is 333. The molecule has 0 bridgehead atoms. The maximum atomic E-state index is 10.8. The summed E-state index contributed by atoms with van der Waals surface area (Å²) in [5, 5.41) is 0. The molecule has 0 aliphatic carbocycles. The third kappa shape index (κ3) is 3.93. The predicted octanol–water partition coefficient (Wildman–Crippen LogP) is 1.04. The standard InChI is InChI=1S/C10H14N2O3/c1-15-10(14)4-2-3-5-12-6-9(7-13)11-8-12/h6-8H,2-5H2,1H3. The van der Waals surface area contributed by atoms with Crippen LogP contribution in [0, 0.1) is 0 Å². The van der Waals surface area contributed by atoms with Gasteiger partial charge in [0.2, 0.25) is 0 Å². The number of aryl methyl sites for hydroxylation is 1. The molecule has 1 aromatic rings. The van der Waals surface area contributed by atoms with Crippen molar-refractivity contribution in [1.29, 1.82) is 0 Å². The fourth-order valence-corrected chi connectivity index (χ4v) is 1.23. The highest BCUT2D eigenvalue weighted by Gasteiger charge is 2.00. The normalized spacial score (nSPS) is 9.93. The van der Waals surface area contributed by atoms with Gasteiger partial charge in [-0.3, -0.25) is 9.59 Å². The summed E-state index contributed by atoms with van der Waals surface area (Å²) < 4.78 is 6.35. The summed E-state index contributed by atoms with van der Waals surface area (Å²) in [7, 11) is 1.38. The molecule has 0 aromatic carbocycles. The van der Waals surface area contributed by atoms with Crippen molar-refractivity contribution in [2.24, 2.45) is 0 Å². The van der Waals surface area contributed by atoms with Crippen molar-refractivity contribution in [3.63, 3.8) is 0 Å². The zero-order chi connectivity index (χ0) is 11.1. The van der Waals surface area contributed by atoms with Gasteiger partial charge in [-0.2, -0.15) is 0 Å². The number of methoxy groups -OCH3 is 1. The van der Waals surface area contributed by atoms with Crippen molar-refractivity contribution in [3.8, 4) is 0 Å². The molecule has 0 saturated heterocycles. The van der Waals surface area contributed by atoms with E-state index < -0.39 is 0 Å². The second-order valence-electron chi connectivity index (χ2n) is 3.19. The van der Waals surface area contributed by atoms with Crippen molar-refractivity contribution in [2.75, 3.05) is 7.11 Å². The molecule has 0 amide bonds. The zero-order valence-electron chi connectivity index (χ0n) is 8.68. The molecule has 5 heteroatoms. The van der Waals surface area contributed by atoms with Crippen LogP contribution in [0.5, 0.6) is 0 Å². The maximum Gasteiger partial charge on any atom is 0.305 e. The van der Waals surface area contributed by atoms with Gasteiger partial charge in [-0.15, -0.1) is 0 Å². The smallest absolute Gasteiger partial charge is 0.305 e. The van der Waals surface area contributed by atoms with Crippen LogP contribution in [-0.2, 0) is 16.1 Å². The van der Waals surface area contributed by atoms with Crippen LogP contribution in [0.1, 0.15) is 29.8 Å². The lowest BCUT2D eigenvalue weighted by molar-refractivity contribution is -0.140. The first-order valence-electron chi connectivity index (χ1n) is 4.80. The van der Waals surface area contributed by atoms with E-state index in [1.165, 1.54) is 7.11 Å². The van der Waals surface area contributed by atoms with Gasteiger partial charge in [0.15, 0.2) is 6.29 Å². The van der Waals surface area contributed by atoms with Crippen LogP contribution in [0.25, 0.3) is 0 Å². The van der Waals surface area contributed by atoms with Gasteiger partial charge in [0.25, 0.3) is 0 Å². The van der Waals surface area contributed by atoms with E-state index in [-0.39, 0.29) is 5.97 Å². The number of aldehydes is 1. The van der Waals surface area contributed by atoms with E-state index in [0.717, 1.165) is 19.4 Å². The van der Waals surface area contributed by atoms with Gasteiger partial charge >= 0.3 is 5.97 Å². The van der Waals surface area contributed by atoms with Crippen LogP contribution < -0.4 is 0 Å². The Morgan fingerprint density at radius 2 is 2.40 bits per heavy atom. The Labute approximate surface area is 88.1 Å². The van der Waals surface area contributed by atoms with Crippen molar-refractivity contribution >= 4 is 12.3 Å². The third-order valence-corrected chi connectivity index (χ3v) is 2.05. The van der Waals surface area contributed by atoms with E-state index in [2.05, 4.69) is 9.72 Å². The number of unbranched alkanes of at least 4 members (excludes halogenated alkanes) is 1. The summed E-state index contributed by atoms with van der Waals surface area (Å²) in [5.74, 6) is -0.186. The van der Waals surface area contributed by atoms with Crippen molar-refractivity contribution in [1.82, 2.24) is 9.55 Å². The van der Waals surface area contributed by atoms with E-state index in [4.69, 9.17) is 0 Å². The van der Waals surface area contributed by atoms with Gasteiger partial charge in [-0.1, -0.05) is 0 Å². The molecular weight excluding hydrogens is 196 g/mol. The molecule has 0 aliphatic heterocycles. The molecule has 0 unspecified atom stereocenters. The number of hydrogen-bond acceptors (Lipinski definition) is 4. The Kier molecular flexibility index (Phi) is 4.53. The first kappa shape index (κ1) is 11.4. The van der Waals surface area contributed by atoms with E-state index in [9.17, 15) is 9.59 Å². The minimum atomic E-state index is -0.186. The van der Waals surface area contributed by atoms with Crippen LogP contribution in [-0.4, -0.2) is 28.9 Å². The fraction of sp³-hybridized carbons (Fsp3) is 0.500. The van der Waals surface area contributed by atoms with Crippen molar-refractivity contribution in [2.45, 2.75) is 25.8 Å². The minimum Gasteiger partial charge on any atom is -0.469 e.